The lowest BCUT2D eigenvalue weighted by molar-refractivity contribution is -0.131. The van der Waals surface area contributed by atoms with E-state index < -0.39 is 17.2 Å². The second-order valence-electron chi connectivity index (χ2n) is 7.99. The van der Waals surface area contributed by atoms with Gasteiger partial charge < -0.3 is 15.0 Å². The molecule has 2 aromatic carbocycles. The predicted molar refractivity (Wildman–Crippen MR) is 123 cm³/mol. The summed E-state index contributed by atoms with van der Waals surface area (Å²) < 4.78 is 33.8. The molecule has 1 N–H and O–H groups in total. The molecule has 4 rings (SSSR count). The van der Waals surface area contributed by atoms with E-state index >= 15 is 0 Å². The molecule has 3 aromatic rings. The summed E-state index contributed by atoms with van der Waals surface area (Å²) in [7, 11) is 1.73. The van der Waals surface area contributed by atoms with Gasteiger partial charge in [0.1, 0.15) is 24.1 Å². The van der Waals surface area contributed by atoms with Crippen LogP contribution >= 0.6 is 11.6 Å². The first-order valence-electron chi connectivity index (χ1n) is 10.7. The Bertz CT molecular complexity index is 1310. The molecule has 0 saturated heterocycles. The standard InChI is InChI=1S/C24H23ClF2N4O3/c1-14-29-23(34-13-17-3-5-18(26)10-20(17)27)22(25)24(33)31(14)19-6-4-16-12-30(21(32)11-28-2)8-7-15(16)9-19/h3-6,9-10,28H,7-8,11-13H2,1-2H3. The number of aromatic nitrogens is 2. The van der Waals surface area contributed by atoms with E-state index in [1.165, 1.54) is 10.6 Å². The number of carbonyl (C=O) groups excluding carboxylic acids is 1. The number of amides is 1. The zero-order valence-electron chi connectivity index (χ0n) is 18.7. The largest absolute Gasteiger partial charge is 0.471 e. The number of aryl methyl sites for hydroxylation is 1. The van der Waals surface area contributed by atoms with E-state index in [0.717, 1.165) is 23.3 Å². The van der Waals surface area contributed by atoms with E-state index in [-0.39, 0.29) is 35.5 Å². The SMILES string of the molecule is CNCC(=O)N1CCc2cc(-n3c(C)nc(OCc4ccc(F)cc4F)c(Cl)c3=O)ccc2C1. The number of hydrogen-bond acceptors (Lipinski definition) is 5. The molecule has 1 aromatic heterocycles. The van der Waals surface area contributed by atoms with Gasteiger partial charge in [-0.2, -0.15) is 4.98 Å². The van der Waals surface area contributed by atoms with Crippen LogP contribution in [0.5, 0.6) is 5.88 Å². The molecule has 0 radical (unpaired) electrons. The highest BCUT2D eigenvalue weighted by atomic mass is 35.5. The van der Waals surface area contributed by atoms with Gasteiger partial charge >= 0.3 is 0 Å². The van der Waals surface area contributed by atoms with Gasteiger partial charge in [0, 0.05) is 24.7 Å². The monoisotopic (exact) mass is 488 g/mol. The molecule has 0 unspecified atom stereocenters. The number of ether oxygens (including phenoxy) is 1. The molecule has 1 amide bonds. The molecule has 178 valence electrons. The number of fused-ring (bicyclic) bond motifs is 1. The van der Waals surface area contributed by atoms with Gasteiger partial charge in [0.2, 0.25) is 11.8 Å². The lowest BCUT2D eigenvalue weighted by Gasteiger charge is -2.29. The average Bonchev–Trinajstić information content (AvgIpc) is 2.81. The summed E-state index contributed by atoms with van der Waals surface area (Å²) in [6.45, 7) is 2.77. The molecule has 10 heteroatoms. The summed E-state index contributed by atoms with van der Waals surface area (Å²) in [5.74, 6) is -1.21. The predicted octanol–water partition coefficient (Wildman–Crippen LogP) is 3.16. The molecular formula is C24H23ClF2N4O3. The van der Waals surface area contributed by atoms with E-state index in [9.17, 15) is 18.4 Å². The van der Waals surface area contributed by atoms with Crippen LogP contribution < -0.4 is 15.6 Å². The highest BCUT2D eigenvalue weighted by molar-refractivity contribution is 6.31. The molecule has 1 aliphatic heterocycles. The Labute approximate surface area is 199 Å². The maximum atomic E-state index is 13.9. The minimum absolute atomic E-state index is 0.0383. The van der Waals surface area contributed by atoms with Crippen LogP contribution in [0.25, 0.3) is 5.69 Å². The normalized spacial score (nSPS) is 13.0. The van der Waals surface area contributed by atoms with Crippen LogP contribution in [0.3, 0.4) is 0 Å². The maximum Gasteiger partial charge on any atom is 0.280 e. The highest BCUT2D eigenvalue weighted by Crippen LogP contribution is 2.25. The van der Waals surface area contributed by atoms with Gasteiger partial charge in [0.15, 0.2) is 5.02 Å². The third-order valence-corrected chi connectivity index (χ3v) is 6.01. The molecule has 0 spiro atoms. The van der Waals surface area contributed by atoms with Crippen molar-refractivity contribution in [2.75, 3.05) is 20.1 Å². The maximum absolute atomic E-state index is 13.9. The molecule has 0 aliphatic carbocycles. The molecule has 1 aliphatic rings. The van der Waals surface area contributed by atoms with Gasteiger partial charge in [-0.3, -0.25) is 14.2 Å². The van der Waals surface area contributed by atoms with E-state index in [2.05, 4.69) is 10.3 Å². The molecule has 7 nitrogen and oxygen atoms in total. The van der Waals surface area contributed by atoms with Gasteiger partial charge in [-0.05, 0) is 55.8 Å². The molecular weight excluding hydrogens is 466 g/mol. The van der Waals surface area contributed by atoms with Crippen LogP contribution in [0.2, 0.25) is 5.02 Å². The van der Waals surface area contributed by atoms with Crippen molar-refractivity contribution in [1.29, 1.82) is 0 Å². The van der Waals surface area contributed by atoms with E-state index in [0.29, 0.717) is 31.0 Å². The first-order valence-corrected chi connectivity index (χ1v) is 11.1. The molecule has 0 saturated carbocycles. The number of nitrogens with one attached hydrogen (secondary N) is 1. The third-order valence-electron chi connectivity index (χ3n) is 5.69. The summed E-state index contributed by atoms with van der Waals surface area (Å²) in [5, 5.41) is 2.63. The summed E-state index contributed by atoms with van der Waals surface area (Å²) in [5.41, 5.74) is 2.25. The van der Waals surface area contributed by atoms with Crippen molar-refractivity contribution in [3.05, 3.63) is 85.9 Å². The number of benzene rings is 2. The second kappa shape index (κ2) is 9.90. The smallest absolute Gasteiger partial charge is 0.280 e. The van der Waals surface area contributed by atoms with E-state index in [1.807, 2.05) is 12.1 Å². The number of carbonyl (C=O) groups is 1. The highest BCUT2D eigenvalue weighted by Gasteiger charge is 2.22. The molecule has 0 fully saturated rings. The molecule has 0 atom stereocenters. The number of nitrogens with zero attached hydrogens (tertiary/aromatic N) is 3. The van der Waals surface area contributed by atoms with Gasteiger partial charge in [-0.15, -0.1) is 0 Å². The van der Waals surface area contributed by atoms with Crippen molar-refractivity contribution in [1.82, 2.24) is 19.8 Å². The van der Waals surface area contributed by atoms with E-state index in [4.69, 9.17) is 16.3 Å². The van der Waals surface area contributed by atoms with Gasteiger partial charge in [-0.25, -0.2) is 8.78 Å². The second-order valence-corrected chi connectivity index (χ2v) is 8.37. The van der Waals surface area contributed by atoms with Gasteiger partial charge in [0.05, 0.1) is 12.2 Å². The fourth-order valence-electron chi connectivity index (χ4n) is 3.92. The van der Waals surface area contributed by atoms with Crippen molar-refractivity contribution in [2.24, 2.45) is 0 Å². The summed E-state index contributed by atoms with van der Waals surface area (Å²) in [6, 6.07) is 8.70. The number of hydrogen-bond donors (Lipinski definition) is 1. The van der Waals surface area contributed by atoms with E-state index in [1.54, 1.807) is 24.9 Å². The zero-order valence-corrected chi connectivity index (χ0v) is 19.5. The fraction of sp³-hybridized carbons (Fsp3) is 0.292. The first-order chi connectivity index (χ1) is 16.3. The lowest BCUT2D eigenvalue weighted by atomic mass is 9.99. The van der Waals surface area contributed by atoms with Crippen LogP contribution in [-0.4, -0.2) is 40.5 Å². The summed E-state index contributed by atoms with van der Waals surface area (Å²) in [6.07, 6.45) is 0.665. The Balaban J connectivity index is 1.58. The molecule has 0 bridgehead atoms. The summed E-state index contributed by atoms with van der Waals surface area (Å²) >= 11 is 6.25. The van der Waals surface area contributed by atoms with Crippen LogP contribution in [0.15, 0.2) is 41.2 Å². The summed E-state index contributed by atoms with van der Waals surface area (Å²) in [4.78, 5) is 31.3. The Morgan fingerprint density at radius 2 is 2.00 bits per heavy atom. The Morgan fingerprint density at radius 1 is 1.21 bits per heavy atom. The lowest BCUT2D eigenvalue weighted by Crippen LogP contribution is -2.40. The van der Waals surface area contributed by atoms with Gasteiger partial charge in [0.25, 0.3) is 5.56 Å². The average molecular weight is 489 g/mol. The number of likely N-dealkylation sites (N-methyl/N-ethyl adjacent to an activating group) is 1. The number of rotatable bonds is 6. The minimum atomic E-state index is -0.763. The molecule has 34 heavy (non-hydrogen) atoms. The van der Waals surface area contributed by atoms with Crippen LogP contribution in [-0.2, 0) is 24.4 Å². The third kappa shape index (κ3) is 4.80. The van der Waals surface area contributed by atoms with Crippen molar-refractivity contribution in [2.45, 2.75) is 26.5 Å². The minimum Gasteiger partial charge on any atom is -0.471 e. The van der Waals surface area contributed by atoms with Crippen molar-refractivity contribution < 1.29 is 18.3 Å². The fourth-order valence-corrected chi connectivity index (χ4v) is 4.10. The van der Waals surface area contributed by atoms with Gasteiger partial charge in [-0.1, -0.05) is 17.7 Å². The van der Waals surface area contributed by atoms with Crippen LogP contribution in [0.1, 0.15) is 22.5 Å². The van der Waals surface area contributed by atoms with Crippen molar-refractivity contribution >= 4 is 17.5 Å². The van der Waals surface area contributed by atoms with Crippen LogP contribution in [0, 0.1) is 18.6 Å². The quantitative estimate of drug-likeness (QED) is 0.577. The van der Waals surface area contributed by atoms with Crippen molar-refractivity contribution in [3.8, 4) is 11.6 Å². The molecule has 2 heterocycles. The number of halogens is 3. The first kappa shape index (κ1) is 23.8. The topological polar surface area (TPSA) is 76.5 Å². The van der Waals surface area contributed by atoms with Crippen molar-refractivity contribution in [3.63, 3.8) is 0 Å². The zero-order chi connectivity index (χ0) is 24.4. The Hall–Kier alpha value is -3.30. The Kier molecular flexibility index (Phi) is 6.95. The van der Waals surface area contributed by atoms with Crippen LogP contribution in [0.4, 0.5) is 8.78 Å². The Morgan fingerprint density at radius 3 is 2.74 bits per heavy atom.